The van der Waals surface area contributed by atoms with Crippen LogP contribution in [0.5, 0.6) is 5.75 Å². The van der Waals surface area contributed by atoms with Gasteiger partial charge < -0.3 is 13.7 Å². The molecule has 106 valence electrons. The molecule has 0 saturated carbocycles. The van der Waals surface area contributed by atoms with Crippen LogP contribution in [0.2, 0.25) is 0 Å². The summed E-state index contributed by atoms with van der Waals surface area (Å²) in [5, 5.41) is 0. The zero-order valence-corrected chi connectivity index (χ0v) is 12.2. The maximum absolute atomic E-state index is 11.3. The molecule has 0 aromatic carbocycles. The van der Waals surface area contributed by atoms with Crippen LogP contribution < -0.4 is 4.18 Å². The number of aromatic nitrogens is 1. The van der Waals surface area contributed by atoms with Crippen LogP contribution in [0, 0.1) is 6.92 Å². The molecule has 0 radical (unpaired) electrons. The number of ether oxygens (including phenoxy) is 2. The lowest BCUT2D eigenvalue weighted by Crippen LogP contribution is -2.25. The lowest BCUT2D eigenvalue weighted by atomic mass is 10.1. The second-order valence-electron chi connectivity index (χ2n) is 4.94. The molecule has 2 rings (SSSR count). The van der Waals surface area contributed by atoms with Gasteiger partial charge in [0.15, 0.2) is 11.5 Å². The number of rotatable bonds is 2. The summed E-state index contributed by atoms with van der Waals surface area (Å²) < 4.78 is 38.9. The fourth-order valence-corrected chi connectivity index (χ4v) is 2.28. The predicted octanol–water partition coefficient (Wildman–Crippen LogP) is 1.51. The second kappa shape index (κ2) is 4.73. The first-order valence-electron chi connectivity index (χ1n) is 5.83. The molecule has 19 heavy (non-hydrogen) atoms. The topological polar surface area (TPSA) is 74.7 Å². The molecule has 1 aromatic heterocycles. The van der Waals surface area contributed by atoms with Crippen LogP contribution in [-0.2, 0) is 32.8 Å². The maximum Gasteiger partial charge on any atom is 0.306 e. The van der Waals surface area contributed by atoms with Crippen LogP contribution in [0.1, 0.15) is 30.7 Å². The van der Waals surface area contributed by atoms with E-state index < -0.39 is 15.9 Å². The highest BCUT2D eigenvalue weighted by molar-refractivity contribution is 7.86. The van der Waals surface area contributed by atoms with Crippen molar-refractivity contribution in [1.29, 1.82) is 0 Å². The monoisotopic (exact) mass is 287 g/mol. The number of nitrogens with zero attached hydrogens (tertiary/aromatic N) is 1. The first-order chi connectivity index (χ1) is 8.68. The van der Waals surface area contributed by atoms with Gasteiger partial charge in [-0.05, 0) is 20.8 Å². The molecular formula is C12H17NO5S. The van der Waals surface area contributed by atoms with Crippen LogP contribution in [0.15, 0.2) is 6.20 Å². The Kier molecular flexibility index (Phi) is 3.55. The van der Waals surface area contributed by atoms with Gasteiger partial charge in [0.05, 0.1) is 25.2 Å². The van der Waals surface area contributed by atoms with Gasteiger partial charge in [-0.1, -0.05) is 0 Å². The van der Waals surface area contributed by atoms with Gasteiger partial charge in [0, 0.05) is 17.3 Å². The Morgan fingerprint density at radius 2 is 1.95 bits per heavy atom. The molecular weight excluding hydrogens is 270 g/mol. The van der Waals surface area contributed by atoms with Crippen molar-refractivity contribution in [3.63, 3.8) is 0 Å². The van der Waals surface area contributed by atoms with Crippen molar-refractivity contribution < 1.29 is 22.1 Å². The van der Waals surface area contributed by atoms with Crippen LogP contribution in [0.25, 0.3) is 0 Å². The van der Waals surface area contributed by atoms with Gasteiger partial charge in [-0.2, -0.15) is 8.42 Å². The molecule has 0 aliphatic carbocycles. The summed E-state index contributed by atoms with van der Waals surface area (Å²) in [4.78, 5) is 4.14. The van der Waals surface area contributed by atoms with Gasteiger partial charge in [0.25, 0.3) is 0 Å². The van der Waals surface area contributed by atoms with Crippen molar-refractivity contribution in [2.24, 2.45) is 0 Å². The van der Waals surface area contributed by atoms with Gasteiger partial charge in [-0.25, -0.2) is 0 Å². The van der Waals surface area contributed by atoms with Gasteiger partial charge >= 0.3 is 10.1 Å². The maximum atomic E-state index is 11.3. The van der Waals surface area contributed by atoms with E-state index in [9.17, 15) is 8.42 Å². The normalized spacial score (nSPS) is 18.5. The van der Waals surface area contributed by atoms with Crippen LogP contribution in [0.4, 0.5) is 0 Å². The Labute approximate surface area is 112 Å². The number of pyridine rings is 1. The summed E-state index contributed by atoms with van der Waals surface area (Å²) in [7, 11) is -3.61. The van der Waals surface area contributed by atoms with Gasteiger partial charge in [-0.3, -0.25) is 4.98 Å². The predicted molar refractivity (Wildman–Crippen MR) is 68.1 cm³/mol. The van der Waals surface area contributed by atoms with E-state index in [2.05, 4.69) is 4.98 Å². The fraction of sp³-hybridized carbons (Fsp3) is 0.583. The van der Waals surface area contributed by atoms with Gasteiger partial charge in [0.1, 0.15) is 0 Å². The molecule has 1 aromatic rings. The molecule has 0 saturated heterocycles. The third kappa shape index (κ3) is 3.43. The van der Waals surface area contributed by atoms with E-state index in [1.54, 1.807) is 27.0 Å². The Balaban J connectivity index is 2.46. The Morgan fingerprint density at radius 1 is 1.32 bits per heavy atom. The minimum atomic E-state index is -3.61. The average Bonchev–Trinajstić information content (AvgIpc) is 2.41. The van der Waals surface area contributed by atoms with Crippen molar-refractivity contribution in [2.45, 2.75) is 39.8 Å². The minimum absolute atomic E-state index is 0.219. The van der Waals surface area contributed by atoms with E-state index in [1.165, 1.54) is 0 Å². The van der Waals surface area contributed by atoms with Crippen molar-refractivity contribution in [3.05, 3.63) is 23.0 Å². The minimum Gasteiger partial charge on any atom is -0.380 e. The van der Waals surface area contributed by atoms with E-state index in [4.69, 9.17) is 13.7 Å². The van der Waals surface area contributed by atoms with Crippen LogP contribution in [0.3, 0.4) is 0 Å². The molecule has 0 amide bonds. The fourth-order valence-electron chi connectivity index (χ4n) is 1.76. The lowest BCUT2D eigenvalue weighted by molar-refractivity contribution is -0.219. The lowest BCUT2D eigenvalue weighted by Gasteiger charge is -2.22. The molecule has 0 spiro atoms. The average molecular weight is 287 g/mol. The largest absolute Gasteiger partial charge is 0.380 e. The molecule has 0 atom stereocenters. The van der Waals surface area contributed by atoms with E-state index in [-0.39, 0.29) is 12.4 Å². The summed E-state index contributed by atoms with van der Waals surface area (Å²) in [5.74, 6) is -0.490. The summed E-state index contributed by atoms with van der Waals surface area (Å²) in [5.41, 5.74) is 1.95. The summed E-state index contributed by atoms with van der Waals surface area (Å²) in [6, 6.07) is 0. The molecule has 0 bridgehead atoms. The third-order valence-electron chi connectivity index (χ3n) is 2.78. The number of fused-ring (bicyclic) bond motifs is 1. The van der Waals surface area contributed by atoms with E-state index in [0.29, 0.717) is 17.9 Å². The number of hydrogen-bond acceptors (Lipinski definition) is 6. The SMILES string of the molecule is Cc1ncc2c(c1OS(C)(=O)=O)COC(C)(C)OC2. The number of aryl methyl sites for hydroxylation is 1. The molecule has 0 unspecified atom stereocenters. The molecule has 0 N–H and O–H groups in total. The highest BCUT2D eigenvalue weighted by Gasteiger charge is 2.27. The molecule has 1 aliphatic heterocycles. The quantitative estimate of drug-likeness (QED) is 0.768. The molecule has 0 fully saturated rings. The first-order valence-corrected chi connectivity index (χ1v) is 7.64. The molecule has 7 heteroatoms. The van der Waals surface area contributed by atoms with Crippen molar-refractivity contribution in [2.75, 3.05) is 6.26 Å². The molecule has 2 heterocycles. The van der Waals surface area contributed by atoms with Gasteiger partial charge in [0.2, 0.25) is 0 Å². The summed E-state index contributed by atoms with van der Waals surface area (Å²) >= 11 is 0. The highest BCUT2D eigenvalue weighted by Crippen LogP contribution is 2.32. The smallest absolute Gasteiger partial charge is 0.306 e. The van der Waals surface area contributed by atoms with E-state index in [0.717, 1.165) is 11.8 Å². The zero-order chi connectivity index (χ0) is 14.3. The second-order valence-corrected chi connectivity index (χ2v) is 6.52. The van der Waals surface area contributed by atoms with Crippen molar-refractivity contribution in [3.8, 4) is 5.75 Å². The molecule has 6 nitrogen and oxygen atoms in total. The van der Waals surface area contributed by atoms with Gasteiger partial charge in [-0.15, -0.1) is 0 Å². The Hall–Kier alpha value is -1.18. The first kappa shape index (κ1) is 14.2. The standard InChI is InChI=1S/C12H17NO5S/c1-8-11(18-19(4,14)15)10-7-17-12(2,3)16-6-9(10)5-13-8/h5H,6-7H2,1-4H3. The van der Waals surface area contributed by atoms with Crippen LogP contribution in [-0.4, -0.2) is 25.4 Å². The van der Waals surface area contributed by atoms with Crippen molar-refractivity contribution >= 4 is 10.1 Å². The Morgan fingerprint density at radius 3 is 2.58 bits per heavy atom. The van der Waals surface area contributed by atoms with Crippen LogP contribution >= 0.6 is 0 Å². The van der Waals surface area contributed by atoms with Crippen molar-refractivity contribution in [1.82, 2.24) is 4.98 Å². The summed E-state index contributed by atoms with van der Waals surface area (Å²) in [6.07, 6.45) is 2.66. The molecule has 1 aliphatic rings. The third-order valence-corrected chi connectivity index (χ3v) is 3.25. The zero-order valence-electron chi connectivity index (χ0n) is 11.4. The highest BCUT2D eigenvalue weighted by atomic mass is 32.2. The summed E-state index contributed by atoms with van der Waals surface area (Å²) in [6.45, 7) is 5.82. The Bertz CT molecular complexity index is 594. The van der Waals surface area contributed by atoms with E-state index in [1.807, 2.05) is 0 Å². The number of hydrogen-bond donors (Lipinski definition) is 0. The van der Waals surface area contributed by atoms with E-state index >= 15 is 0 Å².